The molecule has 0 unspecified atom stereocenters. The third-order valence-corrected chi connectivity index (χ3v) is 5.91. The van der Waals surface area contributed by atoms with E-state index in [1.165, 1.54) is 30.3 Å². The number of rotatable bonds is 4. The molecule has 0 bridgehead atoms. The molecule has 3 rings (SSSR count). The van der Waals surface area contributed by atoms with Crippen molar-refractivity contribution in [3.05, 3.63) is 48.0 Å². The Bertz CT molecular complexity index is 921. The number of hydrogen-bond donors (Lipinski definition) is 2. The molecule has 2 amide bonds. The molecule has 7 nitrogen and oxygen atoms in total. The molecule has 1 aromatic carbocycles. The number of amides is 2. The fourth-order valence-corrected chi connectivity index (χ4v) is 4.63. The number of furan rings is 1. The minimum absolute atomic E-state index is 0.00637. The highest BCUT2D eigenvalue weighted by Gasteiger charge is 2.29. The van der Waals surface area contributed by atoms with Crippen LogP contribution in [-0.2, 0) is 14.6 Å². The van der Waals surface area contributed by atoms with E-state index in [-0.39, 0.29) is 35.4 Å². The summed E-state index contributed by atoms with van der Waals surface area (Å²) in [7, 11) is -3.05. The zero-order valence-corrected chi connectivity index (χ0v) is 14.5. The molecular formula is C17H17FN2O5S. The van der Waals surface area contributed by atoms with E-state index in [1.54, 1.807) is 6.07 Å². The summed E-state index contributed by atoms with van der Waals surface area (Å²) in [5, 5.41) is 0. The number of hydrazine groups is 1. The van der Waals surface area contributed by atoms with Crippen molar-refractivity contribution < 1.29 is 26.8 Å². The van der Waals surface area contributed by atoms with Crippen molar-refractivity contribution in [3.8, 4) is 11.3 Å². The van der Waals surface area contributed by atoms with Crippen LogP contribution >= 0.6 is 0 Å². The van der Waals surface area contributed by atoms with Crippen LogP contribution in [-0.4, -0.2) is 31.7 Å². The molecule has 9 heteroatoms. The van der Waals surface area contributed by atoms with Crippen LogP contribution in [0.2, 0.25) is 0 Å². The quantitative estimate of drug-likeness (QED) is 0.785. The first-order chi connectivity index (χ1) is 12.3. The third-order valence-electron chi connectivity index (χ3n) is 4.07. The van der Waals surface area contributed by atoms with Gasteiger partial charge < -0.3 is 4.42 Å². The van der Waals surface area contributed by atoms with Crippen molar-refractivity contribution in [3.63, 3.8) is 0 Å². The molecule has 2 aromatic rings. The lowest BCUT2D eigenvalue weighted by Gasteiger charge is -2.09. The van der Waals surface area contributed by atoms with Crippen molar-refractivity contribution >= 4 is 21.7 Å². The Balaban J connectivity index is 1.52. The van der Waals surface area contributed by atoms with Gasteiger partial charge in [-0.1, -0.05) is 0 Å². The van der Waals surface area contributed by atoms with E-state index >= 15 is 0 Å². The second-order valence-corrected chi connectivity index (χ2v) is 8.37. The van der Waals surface area contributed by atoms with Crippen molar-refractivity contribution in [2.75, 3.05) is 11.5 Å². The van der Waals surface area contributed by atoms with Gasteiger partial charge in [0.05, 0.1) is 11.5 Å². The highest BCUT2D eigenvalue weighted by atomic mass is 32.2. The van der Waals surface area contributed by atoms with Gasteiger partial charge in [-0.15, -0.1) is 0 Å². The van der Waals surface area contributed by atoms with E-state index in [1.807, 2.05) is 0 Å². The third kappa shape index (κ3) is 4.48. The Kier molecular flexibility index (Phi) is 5.08. The molecule has 1 aliphatic heterocycles. The van der Waals surface area contributed by atoms with E-state index in [9.17, 15) is 22.4 Å². The van der Waals surface area contributed by atoms with Crippen molar-refractivity contribution in [2.45, 2.75) is 12.8 Å². The van der Waals surface area contributed by atoms with E-state index in [2.05, 4.69) is 10.9 Å². The lowest BCUT2D eigenvalue weighted by molar-refractivity contribution is -0.122. The number of sulfone groups is 1. The number of carbonyl (C=O) groups is 2. The van der Waals surface area contributed by atoms with Crippen LogP contribution in [0.25, 0.3) is 11.3 Å². The van der Waals surface area contributed by atoms with Gasteiger partial charge in [0.15, 0.2) is 15.6 Å². The smallest absolute Gasteiger partial charge is 0.305 e. The highest BCUT2D eigenvalue weighted by molar-refractivity contribution is 7.91. The molecule has 2 N–H and O–H groups in total. The first-order valence-electron chi connectivity index (χ1n) is 7.98. The van der Waals surface area contributed by atoms with Gasteiger partial charge >= 0.3 is 5.91 Å². The Labute approximate surface area is 149 Å². The zero-order chi connectivity index (χ0) is 18.7. The molecule has 26 heavy (non-hydrogen) atoms. The Morgan fingerprint density at radius 3 is 2.50 bits per heavy atom. The number of nitrogens with one attached hydrogen (secondary N) is 2. The summed E-state index contributed by atoms with van der Waals surface area (Å²) < 4.78 is 41.1. The molecule has 1 fully saturated rings. The minimum atomic E-state index is -3.05. The van der Waals surface area contributed by atoms with Crippen LogP contribution in [0.5, 0.6) is 0 Å². The summed E-state index contributed by atoms with van der Waals surface area (Å²) in [6, 6.07) is 8.60. The molecule has 1 aromatic heterocycles. The molecule has 0 radical (unpaired) electrons. The van der Waals surface area contributed by atoms with Gasteiger partial charge in [-0.05, 0) is 48.7 Å². The first kappa shape index (κ1) is 18.1. The molecule has 0 spiro atoms. The van der Waals surface area contributed by atoms with Gasteiger partial charge in [-0.3, -0.25) is 20.4 Å². The summed E-state index contributed by atoms with van der Waals surface area (Å²) in [4.78, 5) is 23.8. The van der Waals surface area contributed by atoms with E-state index < -0.39 is 21.7 Å². The minimum Gasteiger partial charge on any atom is -0.451 e. The Morgan fingerprint density at radius 1 is 1.12 bits per heavy atom. The van der Waals surface area contributed by atoms with Crippen LogP contribution in [0.4, 0.5) is 4.39 Å². The van der Waals surface area contributed by atoms with Gasteiger partial charge in [0.25, 0.3) is 0 Å². The van der Waals surface area contributed by atoms with E-state index in [4.69, 9.17) is 4.42 Å². The molecule has 138 valence electrons. The molecule has 1 aliphatic rings. The molecule has 0 saturated carbocycles. The number of benzene rings is 1. The second-order valence-electron chi connectivity index (χ2n) is 6.15. The first-order valence-corrected chi connectivity index (χ1v) is 9.80. The van der Waals surface area contributed by atoms with E-state index in [0.717, 1.165) is 0 Å². The maximum absolute atomic E-state index is 12.9. The fraction of sp³-hybridized carbons (Fsp3) is 0.294. The van der Waals surface area contributed by atoms with E-state index in [0.29, 0.717) is 17.7 Å². The zero-order valence-electron chi connectivity index (χ0n) is 13.7. The van der Waals surface area contributed by atoms with Crippen LogP contribution < -0.4 is 10.9 Å². The predicted octanol–water partition coefficient (Wildman–Crippen LogP) is 1.67. The lowest BCUT2D eigenvalue weighted by atomic mass is 10.1. The normalized spacial score (nSPS) is 18.4. The van der Waals surface area contributed by atoms with Crippen LogP contribution in [0.15, 0.2) is 40.8 Å². The van der Waals surface area contributed by atoms with Gasteiger partial charge in [-0.25, -0.2) is 12.8 Å². The number of carbonyl (C=O) groups excluding carboxylic acids is 2. The maximum atomic E-state index is 12.9. The SMILES string of the molecule is O=C(C[C@@H]1CCS(=O)(=O)C1)NNC(=O)c1ccc(-c2ccc(F)cc2)o1. The predicted molar refractivity (Wildman–Crippen MR) is 91.1 cm³/mol. The standard InChI is InChI=1S/C17H17FN2O5S/c18-13-3-1-12(2-4-13)14-5-6-15(25-14)17(22)20-19-16(21)9-11-7-8-26(23,24)10-11/h1-6,11H,7-10H2,(H,19,21)(H,20,22)/t11-/m0/s1. The summed E-state index contributed by atoms with van der Waals surface area (Å²) in [5.41, 5.74) is 5.08. The summed E-state index contributed by atoms with van der Waals surface area (Å²) in [5.74, 6) is -1.27. The Morgan fingerprint density at radius 2 is 1.85 bits per heavy atom. The summed E-state index contributed by atoms with van der Waals surface area (Å²) in [6.45, 7) is 0. The van der Waals surface area contributed by atoms with Crippen molar-refractivity contribution in [1.29, 1.82) is 0 Å². The van der Waals surface area contributed by atoms with Crippen LogP contribution in [0, 0.1) is 11.7 Å². The maximum Gasteiger partial charge on any atom is 0.305 e. The van der Waals surface area contributed by atoms with Crippen LogP contribution in [0.3, 0.4) is 0 Å². The van der Waals surface area contributed by atoms with Gasteiger partial charge in [0.1, 0.15) is 11.6 Å². The lowest BCUT2D eigenvalue weighted by Crippen LogP contribution is -2.42. The van der Waals surface area contributed by atoms with Crippen molar-refractivity contribution in [1.82, 2.24) is 10.9 Å². The number of hydrogen-bond acceptors (Lipinski definition) is 5. The molecule has 2 heterocycles. The average Bonchev–Trinajstić information content (AvgIpc) is 3.20. The monoisotopic (exact) mass is 380 g/mol. The van der Waals surface area contributed by atoms with Crippen LogP contribution in [0.1, 0.15) is 23.4 Å². The largest absolute Gasteiger partial charge is 0.451 e. The summed E-state index contributed by atoms with van der Waals surface area (Å²) in [6.07, 6.45) is 0.474. The highest BCUT2D eigenvalue weighted by Crippen LogP contribution is 2.23. The van der Waals surface area contributed by atoms with Crippen molar-refractivity contribution in [2.24, 2.45) is 5.92 Å². The van der Waals surface area contributed by atoms with Gasteiger partial charge in [0.2, 0.25) is 5.91 Å². The summed E-state index contributed by atoms with van der Waals surface area (Å²) >= 11 is 0. The molecular weight excluding hydrogens is 363 g/mol. The second kappa shape index (κ2) is 7.28. The average molecular weight is 380 g/mol. The number of halogens is 1. The Hall–Kier alpha value is -2.68. The molecule has 1 atom stereocenters. The topological polar surface area (TPSA) is 105 Å². The fourth-order valence-electron chi connectivity index (χ4n) is 2.76. The molecule has 0 aliphatic carbocycles. The molecule has 1 saturated heterocycles. The van der Waals surface area contributed by atoms with Gasteiger partial charge in [-0.2, -0.15) is 0 Å². The van der Waals surface area contributed by atoms with Gasteiger partial charge in [0, 0.05) is 12.0 Å².